The van der Waals surface area contributed by atoms with E-state index < -0.39 is 0 Å². The molecule has 0 aromatic heterocycles. The second-order valence-corrected chi connectivity index (χ2v) is 5.49. The largest absolute Gasteiger partial charge is 0.381 e. The summed E-state index contributed by atoms with van der Waals surface area (Å²) in [5.74, 6) is 0.750. The van der Waals surface area contributed by atoms with E-state index in [1.807, 2.05) is 0 Å². The number of hydrogen-bond acceptors (Lipinski definition) is 2. The lowest BCUT2D eigenvalue weighted by Crippen LogP contribution is -2.24. The van der Waals surface area contributed by atoms with Gasteiger partial charge in [0.25, 0.3) is 0 Å². The van der Waals surface area contributed by atoms with Crippen LogP contribution in [0.3, 0.4) is 0 Å². The molecule has 2 nitrogen and oxygen atoms in total. The van der Waals surface area contributed by atoms with Crippen molar-refractivity contribution >= 4 is 15.9 Å². The van der Waals surface area contributed by atoms with Crippen LogP contribution in [0.15, 0.2) is 0 Å². The van der Waals surface area contributed by atoms with Crippen molar-refractivity contribution < 1.29 is 9.47 Å². The SMILES string of the molecule is COC(C)(C)CCOCCC(C)CCBr. The van der Waals surface area contributed by atoms with E-state index in [-0.39, 0.29) is 5.60 Å². The Morgan fingerprint density at radius 3 is 2.40 bits per heavy atom. The number of halogens is 1. The van der Waals surface area contributed by atoms with Gasteiger partial charge in [0.2, 0.25) is 0 Å². The molecule has 0 rings (SSSR count). The van der Waals surface area contributed by atoms with Gasteiger partial charge in [-0.25, -0.2) is 0 Å². The summed E-state index contributed by atoms with van der Waals surface area (Å²) < 4.78 is 10.9. The van der Waals surface area contributed by atoms with Crippen molar-refractivity contribution in [3.05, 3.63) is 0 Å². The Balaban J connectivity index is 3.32. The van der Waals surface area contributed by atoms with Crippen LogP contribution >= 0.6 is 15.9 Å². The Labute approximate surface area is 103 Å². The van der Waals surface area contributed by atoms with Crippen LogP contribution in [-0.4, -0.2) is 31.3 Å². The highest BCUT2D eigenvalue weighted by atomic mass is 79.9. The van der Waals surface area contributed by atoms with Gasteiger partial charge in [0.15, 0.2) is 0 Å². The molecule has 0 aliphatic heterocycles. The molecular weight excluding hydrogens is 256 g/mol. The van der Waals surface area contributed by atoms with Crippen LogP contribution in [0, 0.1) is 5.92 Å². The molecule has 0 radical (unpaired) electrons. The maximum Gasteiger partial charge on any atom is 0.0644 e. The molecule has 0 aliphatic rings. The minimum absolute atomic E-state index is 0.0541. The average molecular weight is 281 g/mol. The van der Waals surface area contributed by atoms with Crippen LogP contribution in [0.4, 0.5) is 0 Å². The Kier molecular flexibility index (Phi) is 8.77. The summed E-state index contributed by atoms with van der Waals surface area (Å²) in [6, 6.07) is 0. The lowest BCUT2D eigenvalue weighted by molar-refractivity contribution is -0.0109. The minimum Gasteiger partial charge on any atom is -0.381 e. The van der Waals surface area contributed by atoms with Crippen LogP contribution < -0.4 is 0 Å². The van der Waals surface area contributed by atoms with E-state index in [0.29, 0.717) is 0 Å². The molecule has 3 heteroatoms. The smallest absolute Gasteiger partial charge is 0.0644 e. The van der Waals surface area contributed by atoms with Gasteiger partial charge in [0.05, 0.1) is 5.60 Å². The van der Waals surface area contributed by atoms with Gasteiger partial charge in [0.1, 0.15) is 0 Å². The zero-order valence-corrected chi connectivity index (χ0v) is 12.1. The summed E-state index contributed by atoms with van der Waals surface area (Å²) in [4.78, 5) is 0. The monoisotopic (exact) mass is 280 g/mol. The van der Waals surface area contributed by atoms with Crippen LogP contribution in [0.1, 0.15) is 40.0 Å². The molecule has 0 saturated heterocycles. The molecule has 92 valence electrons. The maximum absolute atomic E-state index is 5.59. The Morgan fingerprint density at radius 1 is 1.20 bits per heavy atom. The van der Waals surface area contributed by atoms with Crippen molar-refractivity contribution in [2.45, 2.75) is 45.6 Å². The molecule has 0 N–H and O–H groups in total. The molecule has 0 bridgehead atoms. The lowest BCUT2D eigenvalue weighted by Gasteiger charge is -2.22. The third kappa shape index (κ3) is 9.34. The van der Waals surface area contributed by atoms with E-state index in [0.717, 1.165) is 37.3 Å². The number of hydrogen-bond donors (Lipinski definition) is 0. The highest BCUT2D eigenvalue weighted by molar-refractivity contribution is 9.09. The molecule has 0 fully saturated rings. The summed E-state index contributed by atoms with van der Waals surface area (Å²) >= 11 is 3.45. The van der Waals surface area contributed by atoms with E-state index in [2.05, 4.69) is 36.7 Å². The summed E-state index contributed by atoms with van der Waals surface area (Å²) in [7, 11) is 1.75. The fraction of sp³-hybridized carbons (Fsp3) is 1.00. The average Bonchev–Trinajstić information content (AvgIpc) is 2.17. The Morgan fingerprint density at radius 2 is 1.87 bits per heavy atom. The molecule has 0 aromatic rings. The first-order chi connectivity index (χ1) is 7.02. The highest BCUT2D eigenvalue weighted by Crippen LogP contribution is 2.13. The van der Waals surface area contributed by atoms with Crippen LogP contribution in [-0.2, 0) is 9.47 Å². The second kappa shape index (κ2) is 8.54. The molecule has 15 heavy (non-hydrogen) atoms. The predicted octanol–water partition coefficient (Wildman–Crippen LogP) is 3.63. The molecular formula is C12H25BrO2. The molecule has 1 unspecified atom stereocenters. The van der Waals surface area contributed by atoms with Crippen LogP contribution in [0.2, 0.25) is 0 Å². The third-order valence-electron chi connectivity index (χ3n) is 2.76. The van der Waals surface area contributed by atoms with E-state index >= 15 is 0 Å². The summed E-state index contributed by atoms with van der Waals surface area (Å²) in [5, 5.41) is 1.09. The van der Waals surface area contributed by atoms with Gasteiger partial charge in [0, 0.05) is 25.7 Å². The van der Waals surface area contributed by atoms with E-state index in [1.54, 1.807) is 7.11 Å². The standard InChI is InChI=1S/C12H25BrO2/c1-11(5-8-13)6-9-15-10-7-12(2,3)14-4/h11H,5-10H2,1-4H3. The topological polar surface area (TPSA) is 18.5 Å². The van der Waals surface area contributed by atoms with Gasteiger partial charge in [-0.1, -0.05) is 22.9 Å². The van der Waals surface area contributed by atoms with Gasteiger partial charge in [-0.3, -0.25) is 0 Å². The van der Waals surface area contributed by atoms with Crippen molar-refractivity contribution in [1.29, 1.82) is 0 Å². The van der Waals surface area contributed by atoms with Crippen molar-refractivity contribution in [2.24, 2.45) is 5.92 Å². The minimum atomic E-state index is -0.0541. The van der Waals surface area contributed by atoms with E-state index in [9.17, 15) is 0 Å². The third-order valence-corrected chi connectivity index (χ3v) is 3.22. The second-order valence-electron chi connectivity index (χ2n) is 4.70. The van der Waals surface area contributed by atoms with E-state index in [4.69, 9.17) is 9.47 Å². The zero-order valence-electron chi connectivity index (χ0n) is 10.5. The van der Waals surface area contributed by atoms with E-state index in [1.165, 1.54) is 6.42 Å². The van der Waals surface area contributed by atoms with Gasteiger partial charge in [-0.2, -0.15) is 0 Å². The lowest BCUT2D eigenvalue weighted by atomic mass is 10.1. The number of rotatable bonds is 9. The first kappa shape index (κ1) is 15.4. The molecule has 0 spiro atoms. The summed E-state index contributed by atoms with van der Waals surface area (Å²) in [5.41, 5.74) is -0.0541. The van der Waals surface area contributed by atoms with Crippen molar-refractivity contribution in [3.8, 4) is 0 Å². The Hall–Kier alpha value is 0.400. The molecule has 0 aliphatic carbocycles. The first-order valence-electron chi connectivity index (χ1n) is 5.70. The van der Waals surface area contributed by atoms with Gasteiger partial charge in [-0.05, 0) is 39.0 Å². The quantitative estimate of drug-likeness (QED) is 0.474. The summed E-state index contributed by atoms with van der Waals surface area (Å²) in [6.07, 6.45) is 3.34. The number of methoxy groups -OCH3 is 1. The van der Waals surface area contributed by atoms with Gasteiger partial charge < -0.3 is 9.47 Å². The summed E-state index contributed by atoms with van der Waals surface area (Å²) in [6.45, 7) is 8.10. The predicted molar refractivity (Wildman–Crippen MR) is 68.7 cm³/mol. The van der Waals surface area contributed by atoms with Crippen molar-refractivity contribution in [2.75, 3.05) is 25.7 Å². The zero-order chi connectivity index (χ0) is 11.7. The Bertz CT molecular complexity index is 149. The normalized spacial score (nSPS) is 14.2. The molecule has 0 saturated carbocycles. The molecule has 0 heterocycles. The maximum atomic E-state index is 5.59. The first-order valence-corrected chi connectivity index (χ1v) is 6.83. The highest BCUT2D eigenvalue weighted by Gasteiger charge is 2.15. The van der Waals surface area contributed by atoms with Gasteiger partial charge in [-0.15, -0.1) is 0 Å². The fourth-order valence-electron chi connectivity index (χ4n) is 1.14. The van der Waals surface area contributed by atoms with Crippen molar-refractivity contribution in [3.63, 3.8) is 0 Å². The fourth-order valence-corrected chi connectivity index (χ4v) is 1.92. The van der Waals surface area contributed by atoms with Crippen LogP contribution in [0.5, 0.6) is 0 Å². The van der Waals surface area contributed by atoms with Crippen molar-refractivity contribution in [1.82, 2.24) is 0 Å². The molecule has 0 amide bonds. The molecule has 1 atom stereocenters. The molecule has 0 aromatic carbocycles. The van der Waals surface area contributed by atoms with Crippen LogP contribution in [0.25, 0.3) is 0 Å². The number of ether oxygens (including phenoxy) is 2. The number of alkyl halides is 1. The van der Waals surface area contributed by atoms with Gasteiger partial charge >= 0.3 is 0 Å².